The average Bonchev–Trinajstić information content (AvgIpc) is 3.63. The molecule has 0 spiro atoms. The molecule has 11 nitrogen and oxygen atoms in total. The molecule has 1 atom stereocenters. The summed E-state index contributed by atoms with van der Waals surface area (Å²) in [7, 11) is 1.11. The van der Waals surface area contributed by atoms with Crippen LogP contribution in [0.2, 0.25) is 0 Å². The number of aromatic amines is 1. The Morgan fingerprint density at radius 1 is 0.870 bits per heavy atom. The molecule has 0 amide bonds. The number of benzene rings is 3. The Labute approximate surface area is 270 Å². The normalized spacial score (nSPS) is 11.5. The Kier molecular flexibility index (Phi) is 14.2. The summed E-state index contributed by atoms with van der Waals surface area (Å²) in [6.07, 6.45) is 2.82. The maximum absolute atomic E-state index is 12.9. The molecule has 0 aliphatic heterocycles. The summed E-state index contributed by atoms with van der Waals surface area (Å²) in [5.41, 5.74) is 2.80. The lowest BCUT2D eigenvalue weighted by Crippen LogP contribution is -2.15. The van der Waals surface area contributed by atoms with Gasteiger partial charge >= 0.3 is 13.3 Å². The summed E-state index contributed by atoms with van der Waals surface area (Å²) in [5, 5.41) is 18.6. The number of aromatic nitrogens is 4. The molecule has 1 unspecified atom stereocenters. The third kappa shape index (κ3) is 8.83. The zero-order chi connectivity index (χ0) is 34.6. The fraction of sp³-hybridized carbons (Fsp3) is 0.353. The number of methoxy groups -OCH3 is 2. The number of H-pyrrole nitrogens is 1. The zero-order valence-corrected chi connectivity index (χ0v) is 29.3. The fourth-order valence-electron chi connectivity index (χ4n) is 4.70. The van der Waals surface area contributed by atoms with Gasteiger partial charge in [0.05, 0.1) is 25.5 Å². The van der Waals surface area contributed by atoms with Gasteiger partial charge in [0.1, 0.15) is 11.5 Å². The summed E-state index contributed by atoms with van der Waals surface area (Å²) < 4.78 is 31.5. The van der Waals surface area contributed by atoms with E-state index in [2.05, 4.69) is 10.2 Å². The van der Waals surface area contributed by atoms with Gasteiger partial charge in [-0.05, 0) is 66.4 Å². The Hall–Kier alpha value is -4.47. The first-order chi connectivity index (χ1) is 22.1. The van der Waals surface area contributed by atoms with Gasteiger partial charge in [-0.15, -0.1) is 0 Å². The topological polar surface area (TPSA) is 141 Å². The minimum absolute atomic E-state index is 0.0604. The fourth-order valence-corrected chi connectivity index (χ4v) is 5.23. The third-order valence-electron chi connectivity index (χ3n) is 6.62. The van der Waals surface area contributed by atoms with E-state index in [1.54, 1.807) is 32.4 Å². The van der Waals surface area contributed by atoms with E-state index in [0.29, 0.717) is 35.6 Å². The minimum atomic E-state index is -3.94. The van der Waals surface area contributed by atoms with Gasteiger partial charge < -0.3 is 28.6 Å². The van der Waals surface area contributed by atoms with E-state index < -0.39 is 13.3 Å². The van der Waals surface area contributed by atoms with Crippen LogP contribution in [-0.2, 0) is 24.5 Å². The largest absolute Gasteiger partial charge is 0.507 e. The molecule has 0 saturated carbocycles. The molecule has 0 saturated heterocycles. The van der Waals surface area contributed by atoms with E-state index in [1.165, 1.54) is 10.6 Å². The van der Waals surface area contributed by atoms with Crippen molar-refractivity contribution < 1.29 is 28.6 Å². The quantitative estimate of drug-likeness (QED) is 0.139. The SMILES string of the molecule is CC.CC.CC.COc1ccc(CCc2cc(-c3n[nH]c(=O)n3-c3ccc4c(ccn4C)c3)c(O)cc2OP(C)(=O)O)cc1OC. The van der Waals surface area contributed by atoms with E-state index >= 15 is 0 Å². The molecule has 3 aromatic carbocycles. The lowest BCUT2D eigenvalue weighted by atomic mass is 10.00. The molecule has 0 fully saturated rings. The Morgan fingerprint density at radius 2 is 1.54 bits per heavy atom. The van der Waals surface area contributed by atoms with E-state index in [0.717, 1.165) is 23.1 Å². The van der Waals surface area contributed by atoms with Gasteiger partial charge in [0.2, 0.25) is 0 Å². The van der Waals surface area contributed by atoms with Crippen molar-refractivity contribution in [3.8, 4) is 40.1 Å². The molecule has 0 bridgehead atoms. The molecular formula is C34H47N4O7P. The molecule has 12 heteroatoms. The first-order valence-corrected chi connectivity index (χ1v) is 17.4. The van der Waals surface area contributed by atoms with Gasteiger partial charge in [0.15, 0.2) is 17.3 Å². The highest BCUT2D eigenvalue weighted by Gasteiger charge is 2.22. The molecule has 3 N–H and O–H groups in total. The van der Waals surface area contributed by atoms with Crippen LogP contribution in [0.3, 0.4) is 0 Å². The highest BCUT2D eigenvalue weighted by molar-refractivity contribution is 7.52. The number of phenols is 1. The number of phenolic OH excluding ortho intramolecular Hbond substituents is 1. The molecular weight excluding hydrogens is 607 g/mol. The summed E-state index contributed by atoms with van der Waals surface area (Å²) in [6, 6.07) is 15.9. The van der Waals surface area contributed by atoms with Crippen molar-refractivity contribution in [2.45, 2.75) is 54.4 Å². The second-order valence-electron chi connectivity index (χ2n) is 9.42. The highest BCUT2D eigenvalue weighted by Crippen LogP contribution is 2.44. The van der Waals surface area contributed by atoms with Crippen LogP contribution in [0.25, 0.3) is 28.0 Å². The summed E-state index contributed by atoms with van der Waals surface area (Å²) in [4.78, 5) is 22.8. The Balaban J connectivity index is 0.00000116. The van der Waals surface area contributed by atoms with Crippen LogP contribution in [-0.4, -0.2) is 50.2 Å². The van der Waals surface area contributed by atoms with Crippen LogP contribution < -0.4 is 19.7 Å². The van der Waals surface area contributed by atoms with Crippen molar-refractivity contribution in [1.29, 1.82) is 0 Å². The maximum atomic E-state index is 12.9. The predicted molar refractivity (Wildman–Crippen MR) is 185 cm³/mol. The Bertz CT molecular complexity index is 1820. The number of aromatic hydroxyl groups is 1. The summed E-state index contributed by atoms with van der Waals surface area (Å²) in [5.74, 6) is 1.15. The number of rotatable bonds is 9. The second kappa shape index (κ2) is 17.3. The van der Waals surface area contributed by atoms with Crippen molar-refractivity contribution in [3.05, 3.63) is 82.4 Å². The maximum Gasteiger partial charge on any atom is 0.373 e. The molecule has 0 radical (unpaired) electrons. The first-order valence-electron chi connectivity index (χ1n) is 15.4. The molecule has 5 rings (SSSR count). The standard InChI is InChI=1S/C28H29N4O7P.3C2H6/c1-31-12-11-18-14-20(8-9-22(18)31)32-27(29-30-28(32)34)21-15-19(25(16-23(21)33)39-40(4,35)36)7-5-17-6-10-24(37-2)26(13-17)38-3;3*1-2/h6,8-16,33H,5,7H2,1-4H3,(H,30,34)(H,35,36);3*1-2H3. The minimum Gasteiger partial charge on any atom is -0.507 e. The number of nitrogens with one attached hydrogen (secondary N) is 1. The number of hydrogen-bond acceptors (Lipinski definition) is 7. The number of nitrogens with zero attached hydrogens (tertiary/aromatic N) is 3. The van der Waals surface area contributed by atoms with Gasteiger partial charge in [0, 0.05) is 36.9 Å². The number of ether oxygens (including phenoxy) is 2. The van der Waals surface area contributed by atoms with Crippen LogP contribution >= 0.6 is 7.60 Å². The number of aryl methyl sites for hydroxylation is 3. The molecule has 46 heavy (non-hydrogen) atoms. The smallest absolute Gasteiger partial charge is 0.373 e. The van der Waals surface area contributed by atoms with Crippen molar-refractivity contribution >= 4 is 18.5 Å². The number of fused-ring (bicyclic) bond motifs is 1. The monoisotopic (exact) mass is 654 g/mol. The van der Waals surface area contributed by atoms with E-state index in [4.69, 9.17) is 14.0 Å². The Morgan fingerprint density at radius 3 is 2.17 bits per heavy atom. The van der Waals surface area contributed by atoms with E-state index in [9.17, 15) is 19.4 Å². The van der Waals surface area contributed by atoms with Gasteiger partial charge in [0.25, 0.3) is 0 Å². The molecule has 2 heterocycles. The molecule has 5 aromatic rings. The highest BCUT2D eigenvalue weighted by atomic mass is 31.2. The lowest BCUT2D eigenvalue weighted by Gasteiger charge is -2.17. The van der Waals surface area contributed by atoms with Crippen molar-refractivity contribution in [2.24, 2.45) is 7.05 Å². The first kappa shape index (κ1) is 37.7. The molecule has 0 aliphatic carbocycles. The predicted octanol–water partition coefficient (Wildman–Crippen LogP) is 7.50. The van der Waals surface area contributed by atoms with Gasteiger partial charge in [-0.25, -0.2) is 19.0 Å². The van der Waals surface area contributed by atoms with Crippen molar-refractivity contribution in [3.63, 3.8) is 0 Å². The molecule has 2 aromatic heterocycles. The average molecular weight is 655 g/mol. The molecule has 0 aliphatic rings. The van der Waals surface area contributed by atoms with Crippen LogP contribution in [0.4, 0.5) is 0 Å². The van der Waals surface area contributed by atoms with E-state index in [-0.39, 0.29) is 22.9 Å². The lowest BCUT2D eigenvalue weighted by molar-refractivity contribution is 0.354. The second-order valence-corrected chi connectivity index (χ2v) is 11.2. The summed E-state index contributed by atoms with van der Waals surface area (Å²) in [6.45, 7) is 13.1. The van der Waals surface area contributed by atoms with Crippen LogP contribution in [0.5, 0.6) is 23.0 Å². The van der Waals surface area contributed by atoms with Crippen molar-refractivity contribution in [1.82, 2.24) is 19.3 Å². The summed E-state index contributed by atoms with van der Waals surface area (Å²) >= 11 is 0. The van der Waals surface area contributed by atoms with Gasteiger partial charge in [-0.2, -0.15) is 5.10 Å². The number of hydrogen-bond donors (Lipinski definition) is 3. The third-order valence-corrected chi connectivity index (χ3v) is 7.15. The van der Waals surface area contributed by atoms with Gasteiger partial charge in [-0.3, -0.25) is 0 Å². The van der Waals surface area contributed by atoms with Gasteiger partial charge in [-0.1, -0.05) is 47.6 Å². The van der Waals surface area contributed by atoms with Crippen LogP contribution in [0.1, 0.15) is 52.7 Å². The van der Waals surface area contributed by atoms with E-state index in [1.807, 2.05) is 89.7 Å². The van der Waals surface area contributed by atoms with Crippen molar-refractivity contribution in [2.75, 3.05) is 20.9 Å². The zero-order valence-electron chi connectivity index (χ0n) is 28.4. The van der Waals surface area contributed by atoms with Crippen LogP contribution in [0.15, 0.2) is 65.6 Å². The van der Waals surface area contributed by atoms with Crippen LogP contribution in [0, 0.1) is 0 Å². The molecule has 250 valence electrons.